The highest BCUT2D eigenvalue weighted by atomic mass is 32.2. The van der Waals surface area contributed by atoms with Crippen molar-refractivity contribution in [3.63, 3.8) is 0 Å². The molecule has 0 aliphatic heterocycles. The maximum absolute atomic E-state index is 12.6. The highest BCUT2D eigenvalue weighted by Gasteiger charge is 2.32. The van der Waals surface area contributed by atoms with Gasteiger partial charge < -0.3 is 37.0 Å². The molecule has 5 atom stereocenters. The largest absolute Gasteiger partial charge is 0.480 e. The molecule has 8 N–H and O–H groups in total. The zero-order chi connectivity index (χ0) is 22.7. The third-order valence-electron chi connectivity index (χ3n) is 4.12. The Balaban J connectivity index is 5.30. The van der Waals surface area contributed by atoms with Crippen molar-refractivity contribution in [1.82, 2.24) is 16.0 Å². The first-order valence-corrected chi connectivity index (χ1v) is 10.5. The van der Waals surface area contributed by atoms with Gasteiger partial charge in [-0.05, 0) is 31.3 Å². The average Bonchev–Trinajstić information content (AvgIpc) is 2.65. The number of carbonyl (C=O) groups is 4. The fourth-order valence-electron chi connectivity index (χ4n) is 2.18. The topological polar surface area (TPSA) is 191 Å². The van der Waals surface area contributed by atoms with Crippen LogP contribution in [0.25, 0.3) is 0 Å². The van der Waals surface area contributed by atoms with Crippen molar-refractivity contribution in [2.24, 2.45) is 11.7 Å². The second kappa shape index (κ2) is 13.4. The summed E-state index contributed by atoms with van der Waals surface area (Å²) in [5.74, 6) is -3.40. The van der Waals surface area contributed by atoms with E-state index in [2.05, 4.69) is 16.0 Å². The summed E-state index contributed by atoms with van der Waals surface area (Å²) in [5, 5.41) is 34.9. The number of carboxylic acids is 1. The second-order valence-electron chi connectivity index (χ2n) is 6.92. The molecule has 5 unspecified atom stereocenters. The first-order valence-electron chi connectivity index (χ1n) is 9.13. The Bertz CT molecular complexity index is 574. The molecule has 0 aliphatic carbocycles. The van der Waals surface area contributed by atoms with Gasteiger partial charge in [-0.2, -0.15) is 11.8 Å². The fourth-order valence-corrected chi connectivity index (χ4v) is 2.65. The number of thioether (sulfide) groups is 1. The fraction of sp³-hybridized carbons (Fsp3) is 0.765. The molecule has 3 amide bonds. The third-order valence-corrected chi connectivity index (χ3v) is 4.77. The highest BCUT2D eigenvalue weighted by Crippen LogP contribution is 2.05. The van der Waals surface area contributed by atoms with Crippen LogP contribution in [0.5, 0.6) is 0 Å². The monoisotopic (exact) mass is 436 g/mol. The van der Waals surface area contributed by atoms with E-state index in [1.807, 2.05) is 0 Å². The quantitative estimate of drug-likeness (QED) is 0.165. The van der Waals surface area contributed by atoms with Crippen LogP contribution in [0.1, 0.15) is 27.2 Å². The van der Waals surface area contributed by atoms with Crippen molar-refractivity contribution in [2.75, 3.05) is 18.6 Å². The van der Waals surface area contributed by atoms with E-state index in [9.17, 15) is 24.3 Å². The summed E-state index contributed by atoms with van der Waals surface area (Å²) in [6.45, 7) is 3.94. The number of aliphatic hydroxyl groups is 2. The van der Waals surface area contributed by atoms with Crippen LogP contribution in [0.15, 0.2) is 0 Å². The first kappa shape index (κ1) is 27.1. The lowest BCUT2D eigenvalue weighted by atomic mass is 10.0. The molecule has 0 aromatic carbocycles. The number of aliphatic hydroxyl groups excluding tert-OH is 2. The van der Waals surface area contributed by atoms with Crippen LogP contribution < -0.4 is 21.7 Å². The van der Waals surface area contributed by atoms with Gasteiger partial charge in [0.1, 0.15) is 18.1 Å². The predicted octanol–water partition coefficient (Wildman–Crippen LogP) is -2.37. The zero-order valence-electron chi connectivity index (χ0n) is 17.0. The molecule has 0 aromatic rings. The van der Waals surface area contributed by atoms with Crippen LogP contribution in [-0.4, -0.2) is 87.9 Å². The highest BCUT2D eigenvalue weighted by molar-refractivity contribution is 7.98. The summed E-state index contributed by atoms with van der Waals surface area (Å²) in [6, 6.07) is -4.89. The minimum Gasteiger partial charge on any atom is -0.480 e. The standard InChI is InChI=1S/C17H32N4O7S/c1-8(2)12(18)15(25)21-13(9(3)23)16(26)19-10(5-6-29-4)14(24)20-11(7-22)17(27)28/h8-13,22-23H,5-7,18H2,1-4H3,(H,19,26)(H,20,24)(H,21,25)(H,27,28). The molecule has 168 valence electrons. The number of nitrogens with one attached hydrogen (secondary N) is 3. The number of rotatable bonds is 13. The van der Waals surface area contributed by atoms with Gasteiger partial charge in [-0.1, -0.05) is 13.8 Å². The Hall–Kier alpha value is -1.89. The SMILES string of the molecule is CSCCC(NC(=O)C(NC(=O)C(N)C(C)C)C(C)O)C(=O)NC(CO)C(=O)O. The van der Waals surface area contributed by atoms with Gasteiger partial charge in [0, 0.05) is 0 Å². The molecule has 0 saturated carbocycles. The van der Waals surface area contributed by atoms with Crippen LogP contribution >= 0.6 is 11.8 Å². The summed E-state index contributed by atoms with van der Waals surface area (Å²) in [7, 11) is 0. The van der Waals surface area contributed by atoms with Gasteiger partial charge in [0.15, 0.2) is 0 Å². The summed E-state index contributed by atoms with van der Waals surface area (Å²) < 4.78 is 0. The van der Waals surface area contributed by atoms with Gasteiger partial charge in [0.25, 0.3) is 0 Å². The van der Waals surface area contributed by atoms with E-state index < -0.39 is 60.6 Å². The van der Waals surface area contributed by atoms with E-state index in [0.29, 0.717) is 5.75 Å². The molecule has 0 heterocycles. The van der Waals surface area contributed by atoms with E-state index in [1.54, 1.807) is 20.1 Å². The molecular formula is C17H32N4O7S. The van der Waals surface area contributed by atoms with E-state index in [0.717, 1.165) is 0 Å². The number of aliphatic carboxylic acids is 1. The van der Waals surface area contributed by atoms with Crippen molar-refractivity contribution in [1.29, 1.82) is 0 Å². The maximum atomic E-state index is 12.6. The predicted molar refractivity (Wildman–Crippen MR) is 108 cm³/mol. The Morgan fingerprint density at radius 2 is 1.52 bits per heavy atom. The number of hydrogen-bond donors (Lipinski definition) is 7. The number of carbonyl (C=O) groups excluding carboxylic acids is 3. The van der Waals surface area contributed by atoms with Crippen LogP contribution in [0.3, 0.4) is 0 Å². The Morgan fingerprint density at radius 1 is 0.966 bits per heavy atom. The Morgan fingerprint density at radius 3 is 1.93 bits per heavy atom. The van der Waals surface area contributed by atoms with Crippen molar-refractivity contribution in [2.45, 2.75) is 57.5 Å². The molecule has 11 nitrogen and oxygen atoms in total. The number of carboxylic acid groups (broad SMARTS) is 1. The molecule has 0 spiro atoms. The molecule has 0 aromatic heterocycles. The molecule has 0 aliphatic rings. The lowest BCUT2D eigenvalue weighted by Crippen LogP contribution is -2.60. The lowest BCUT2D eigenvalue weighted by molar-refractivity contribution is -0.143. The van der Waals surface area contributed by atoms with Gasteiger partial charge in [-0.25, -0.2) is 4.79 Å². The molecule has 0 bridgehead atoms. The van der Waals surface area contributed by atoms with Gasteiger partial charge >= 0.3 is 5.97 Å². The lowest BCUT2D eigenvalue weighted by Gasteiger charge is -2.26. The van der Waals surface area contributed by atoms with Crippen molar-refractivity contribution in [3.8, 4) is 0 Å². The smallest absolute Gasteiger partial charge is 0.328 e. The molecule has 29 heavy (non-hydrogen) atoms. The van der Waals surface area contributed by atoms with Gasteiger partial charge in [-0.15, -0.1) is 0 Å². The molecule has 12 heteroatoms. The normalized spacial score (nSPS) is 16.3. The van der Waals surface area contributed by atoms with E-state index in [1.165, 1.54) is 18.7 Å². The van der Waals surface area contributed by atoms with Crippen molar-refractivity contribution < 1.29 is 34.5 Å². The molecule has 0 radical (unpaired) electrons. The van der Waals surface area contributed by atoms with Gasteiger partial charge in [-0.3, -0.25) is 14.4 Å². The molecule has 0 rings (SSSR count). The minimum atomic E-state index is -1.52. The average molecular weight is 437 g/mol. The van der Waals surface area contributed by atoms with Crippen molar-refractivity contribution in [3.05, 3.63) is 0 Å². The van der Waals surface area contributed by atoms with E-state index in [-0.39, 0.29) is 12.3 Å². The zero-order valence-corrected chi connectivity index (χ0v) is 17.9. The molecule has 0 saturated heterocycles. The van der Waals surface area contributed by atoms with E-state index >= 15 is 0 Å². The first-order chi connectivity index (χ1) is 13.5. The van der Waals surface area contributed by atoms with Crippen molar-refractivity contribution >= 4 is 35.5 Å². The minimum absolute atomic E-state index is 0.169. The van der Waals surface area contributed by atoms with E-state index in [4.69, 9.17) is 15.9 Å². The number of hydrogen-bond acceptors (Lipinski definition) is 8. The van der Waals surface area contributed by atoms with Crippen LogP contribution in [0, 0.1) is 5.92 Å². The van der Waals surface area contributed by atoms with Gasteiger partial charge in [0.2, 0.25) is 17.7 Å². The van der Waals surface area contributed by atoms with Gasteiger partial charge in [0.05, 0.1) is 18.8 Å². The number of amides is 3. The Kier molecular flexibility index (Phi) is 12.5. The summed E-state index contributed by atoms with van der Waals surface area (Å²) >= 11 is 1.41. The Labute approximate surface area is 174 Å². The molecule has 0 fully saturated rings. The van der Waals surface area contributed by atoms with Crippen LogP contribution in [-0.2, 0) is 19.2 Å². The molecular weight excluding hydrogens is 404 g/mol. The summed E-state index contributed by atoms with van der Waals surface area (Å²) in [4.78, 5) is 48.1. The summed E-state index contributed by atoms with van der Waals surface area (Å²) in [6.07, 6.45) is 0.686. The van der Waals surface area contributed by atoms with Crippen LogP contribution in [0.2, 0.25) is 0 Å². The third kappa shape index (κ3) is 9.43. The van der Waals surface area contributed by atoms with Crippen LogP contribution in [0.4, 0.5) is 0 Å². The second-order valence-corrected chi connectivity index (χ2v) is 7.91. The number of nitrogens with two attached hydrogens (primary N) is 1. The summed E-state index contributed by atoms with van der Waals surface area (Å²) in [5.41, 5.74) is 5.75. The maximum Gasteiger partial charge on any atom is 0.328 e.